The number of ether oxygens (including phenoxy) is 2. The van der Waals surface area contributed by atoms with Gasteiger partial charge in [-0.25, -0.2) is 0 Å². The van der Waals surface area contributed by atoms with Crippen molar-refractivity contribution in [2.24, 2.45) is 5.73 Å². The lowest BCUT2D eigenvalue weighted by atomic mass is 10.2. The number of nitrogens with two attached hydrogens (primary N) is 1. The van der Waals surface area contributed by atoms with E-state index in [0.717, 1.165) is 18.6 Å². The molecule has 0 amide bonds. The monoisotopic (exact) mass is 253 g/mol. The Balaban J connectivity index is 2.78. The van der Waals surface area contributed by atoms with Gasteiger partial charge in [-0.05, 0) is 25.0 Å². The maximum Gasteiger partial charge on any atom is 0.162 e. The fourth-order valence-electron chi connectivity index (χ4n) is 1.37. The maximum absolute atomic E-state index is 5.76. The fourth-order valence-corrected chi connectivity index (χ4v) is 1.59. The van der Waals surface area contributed by atoms with Crippen LogP contribution in [0.2, 0.25) is 0 Å². The summed E-state index contributed by atoms with van der Waals surface area (Å²) in [6, 6.07) is 7.57. The summed E-state index contributed by atoms with van der Waals surface area (Å²) in [6.07, 6.45) is 1.47. The molecule has 0 heterocycles. The zero-order valence-corrected chi connectivity index (χ0v) is 11.1. The Kier molecular flexibility index (Phi) is 5.77. The highest BCUT2D eigenvalue weighted by Gasteiger charge is 2.13. The van der Waals surface area contributed by atoms with Crippen molar-refractivity contribution in [2.45, 2.75) is 32.8 Å². The molecule has 1 aromatic carbocycles. The summed E-state index contributed by atoms with van der Waals surface area (Å²) in [4.78, 5) is 0.373. The molecule has 2 N–H and O–H groups in total. The standard InChI is InChI=1S/C13H19NO2S/c1-3-9-15-11-7-5-6-8-12(11)16-10(4-2)13(14)17/h5-8,10H,3-4,9H2,1-2H3,(H2,14,17). The van der Waals surface area contributed by atoms with Crippen molar-refractivity contribution in [3.8, 4) is 11.5 Å². The molecule has 0 bridgehead atoms. The van der Waals surface area contributed by atoms with E-state index in [2.05, 4.69) is 6.92 Å². The minimum atomic E-state index is -0.239. The topological polar surface area (TPSA) is 44.5 Å². The van der Waals surface area contributed by atoms with Crippen LogP contribution in [0.25, 0.3) is 0 Å². The predicted molar refractivity (Wildman–Crippen MR) is 73.7 cm³/mol. The first kappa shape index (κ1) is 13.8. The van der Waals surface area contributed by atoms with Gasteiger partial charge in [0, 0.05) is 0 Å². The zero-order chi connectivity index (χ0) is 12.7. The first-order chi connectivity index (χ1) is 8.19. The van der Waals surface area contributed by atoms with Crippen molar-refractivity contribution >= 4 is 17.2 Å². The number of para-hydroxylation sites is 2. The van der Waals surface area contributed by atoms with Gasteiger partial charge >= 0.3 is 0 Å². The van der Waals surface area contributed by atoms with E-state index in [1.165, 1.54) is 0 Å². The largest absolute Gasteiger partial charge is 0.490 e. The molecule has 1 unspecified atom stereocenters. The van der Waals surface area contributed by atoms with Gasteiger partial charge in [0.2, 0.25) is 0 Å². The molecular formula is C13H19NO2S. The van der Waals surface area contributed by atoms with E-state index in [9.17, 15) is 0 Å². The van der Waals surface area contributed by atoms with Crippen LogP contribution in [0.15, 0.2) is 24.3 Å². The van der Waals surface area contributed by atoms with Crippen molar-refractivity contribution in [1.82, 2.24) is 0 Å². The summed E-state index contributed by atoms with van der Waals surface area (Å²) < 4.78 is 11.4. The summed E-state index contributed by atoms with van der Waals surface area (Å²) in [5.41, 5.74) is 5.61. The molecule has 0 fully saturated rings. The number of hydrogen-bond donors (Lipinski definition) is 1. The quantitative estimate of drug-likeness (QED) is 0.759. The van der Waals surface area contributed by atoms with Crippen molar-refractivity contribution in [3.05, 3.63) is 24.3 Å². The average molecular weight is 253 g/mol. The molecule has 0 saturated carbocycles. The van der Waals surface area contributed by atoms with Gasteiger partial charge in [0.05, 0.1) is 6.61 Å². The third kappa shape index (κ3) is 4.23. The van der Waals surface area contributed by atoms with Gasteiger partial charge in [0.1, 0.15) is 11.1 Å². The fraction of sp³-hybridized carbons (Fsp3) is 0.462. The van der Waals surface area contributed by atoms with Crippen molar-refractivity contribution in [1.29, 1.82) is 0 Å². The molecule has 0 aliphatic rings. The number of benzene rings is 1. The molecule has 4 heteroatoms. The first-order valence-corrected chi connectivity index (χ1v) is 6.27. The molecule has 0 spiro atoms. The van der Waals surface area contributed by atoms with Crippen LogP contribution in [0, 0.1) is 0 Å². The van der Waals surface area contributed by atoms with Gasteiger partial charge in [0.15, 0.2) is 11.5 Å². The summed E-state index contributed by atoms with van der Waals surface area (Å²) in [7, 11) is 0. The van der Waals surface area contributed by atoms with Gasteiger partial charge in [-0.15, -0.1) is 0 Å². The van der Waals surface area contributed by atoms with E-state index in [1.54, 1.807) is 0 Å². The normalized spacial score (nSPS) is 11.9. The Bertz CT molecular complexity index is 368. The summed E-state index contributed by atoms with van der Waals surface area (Å²) in [5, 5.41) is 0. The highest BCUT2D eigenvalue weighted by molar-refractivity contribution is 7.80. The Morgan fingerprint density at radius 2 is 1.94 bits per heavy atom. The van der Waals surface area contributed by atoms with Crippen LogP contribution in [0.1, 0.15) is 26.7 Å². The lowest BCUT2D eigenvalue weighted by Gasteiger charge is -2.18. The minimum absolute atomic E-state index is 0.239. The van der Waals surface area contributed by atoms with E-state index in [0.29, 0.717) is 17.3 Å². The highest BCUT2D eigenvalue weighted by atomic mass is 32.1. The smallest absolute Gasteiger partial charge is 0.162 e. The molecule has 0 aliphatic heterocycles. The molecule has 0 saturated heterocycles. The van der Waals surface area contributed by atoms with Crippen LogP contribution in [0.5, 0.6) is 11.5 Å². The van der Waals surface area contributed by atoms with Gasteiger partial charge in [-0.3, -0.25) is 0 Å². The van der Waals surface area contributed by atoms with E-state index in [1.807, 2.05) is 31.2 Å². The zero-order valence-electron chi connectivity index (χ0n) is 10.3. The molecule has 3 nitrogen and oxygen atoms in total. The van der Waals surface area contributed by atoms with Crippen molar-refractivity contribution < 1.29 is 9.47 Å². The Labute approximate surface area is 108 Å². The second-order valence-corrected chi connectivity index (χ2v) is 4.18. The Morgan fingerprint density at radius 1 is 1.29 bits per heavy atom. The second-order valence-electron chi connectivity index (χ2n) is 3.71. The SMILES string of the molecule is CCCOc1ccccc1OC(CC)C(N)=S. The summed E-state index contributed by atoms with van der Waals surface area (Å²) in [6.45, 7) is 4.72. The number of hydrogen-bond acceptors (Lipinski definition) is 3. The van der Waals surface area contributed by atoms with Crippen molar-refractivity contribution in [3.63, 3.8) is 0 Å². The third-order valence-electron chi connectivity index (χ3n) is 2.27. The minimum Gasteiger partial charge on any atom is -0.490 e. The molecule has 0 aliphatic carbocycles. The van der Waals surface area contributed by atoms with Gasteiger partial charge in [-0.2, -0.15) is 0 Å². The molecule has 0 aromatic heterocycles. The van der Waals surface area contributed by atoms with Crippen LogP contribution >= 0.6 is 12.2 Å². The van der Waals surface area contributed by atoms with Crippen LogP contribution in [0.3, 0.4) is 0 Å². The van der Waals surface area contributed by atoms with Crippen molar-refractivity contribution in [2.75, 3.05) is 6.61 Å². The maximum atomic E-state index is 5.76. The summed E-state index contributed by atoms with van der Waals surface area (Å²) in [5.74, 6) is 1.43. The lowest BCUT2D eigenvalue weighted by Crippen LogP contribution is -2.31. The molecule has 1 atom stereocenters. The first-order valence-electron chi connectivity index (χ1n) is 5.86. The van der Waals surface area contributed by atoms with E-state index in [-0.39, 0.29) is 6.10 Å². The summed E-state index contributed by atoms with van der Waals surface area (Å²) >= 11 is 4.96. The van der Waals surface area contributed by atoms with Gasteiger partial charge in [-0.1, -0.05) is 38.2 Å². The van der Waals surface area contributed by atoms with Crippen LogP contribution in [-0.2, 0) is 0 Å². The highest BCUT2D eigenvalue weighted by Crippen LogP contribution is 2.28. The van der Waals surface area contributed by atoms with E-state index < -0.39 is 0 Å². The molecule has 17 heavy (non-hydrogen) atoms. The van der Waals surface area contributed by atoms with Gasteiger partial charge in [0.25, 0.3) is 0 Å². The lowest BCUT2D eigenvalue weighted by molar-refractivity contribution is 0.237. The van der Waals surface area contributed by atoms with Crippen LogP contribution < -0.4 is 15.2 Å². The van der Waals surface area contributed by atoms with Crippen LogP contribution in [-0.4, -0.2) is 17.7 Å². The second kappa shape index (κ2) is 7.12. The average Bonchev–Trinajstić information content (AvgIpc) is 2.34. The Morgan fingerprint density at radius 3 is 2.47 bits per heavy atom. The third-order valence-corrected chi connectivity index (χ3v) is 2.53. The molecule has 1 aromatic rings. The van der Waals surface area contributed by atoms with E-state index in [4.69, 9.17) is 27.4 Å². The molecule has 0 radical (unpaired) electrons. The Hall–Kier alpha value is -1.29. The predicted octanol–water partition coefficient (Wildman–Crippen LogP) is 2.92. The van der Waals surface area contributed by atoms with Crippen LogP contribution in [0.4, 0.5) is 0 Å². The molecule has 94 valence electrons. The number of rotatable bonds is 7. The molecular weight excluding hydrogens is 234 g/mol. The van der Waals surface area contributed by atoms with Gasteiger partial charge < -0.3 is 15.2 Å². The molecule has 1 rings (SSSR count). The number of thiocarbonyl (C=S) groups is 1. The van der Waals surface area contributed by atoms with E-state index >= 15 is 0 Å².